The average molecular weight is 279 g/mol. The van der Waals surface area contributed by atoms with Gasteiger partial charge in [-0.25, -0.2) is 9.78 Å². The number of hydrogen-bond acceptors (Lipinski definition) is 4. The Kier molecular flexibility index (Phi) is 4.32. The van der Waals surface area contributed by atoms with Gasteiger partial charge in [-0.05, 0) is 48.0 Å². The Bertz CT molecular complexity index is 698. The van der Waals surface area contributed by atoms with Gasteiger partial charge in [0, 0.05) is 25.0 Å². The molecule has 21 heavy (non-hydrogen) atoms. The van der Waals surface area contributed by atoms with Crippen LogP contribution in [0.15, 0.2) is 48.7 Å². The average Bonchev–Trinajstić information content (AvgIpc) is 2.53. The molecule has 0 fully saturated rings. The van der Waals surface area contributed by atoms with Crippen molar-refractivity contribution in [3.05, 3.63) is 59.8 Å². The van der Waals surface area contributed by atoms with Crippen LogP contribution in [-0.4, -0.2) is 23.1 Å². The zero-order chi connectivity index (χ0) is 15.2. The molecule has 0 aliphatic heterocycles. The van der Waals surface area contributed by atoms with Crippen molar-refractivity contribution in [3.8, 4) is 6.07 Å². The number of aromatic nitrogens is 1. The van der Waals surface area contributed by atoms with Crippen molar-refractivity contribution in [2.45, 2.75) is 0 Å². The van der Waals surface area contributed by atoms with Crippen molar-refractivity contribution in [2.75, 3.05) is 11.9 Å². The molecule has 0 amide bonds. The maximum atomic E-state index is 10.4. The van der Waals surface area contributed by atoms with Crippen LogP contribution in [0.1, 0.15) is 11.1 Å². The number of rotatable bonds is 4. The molecule has 5 heteroatoms. The van der Waals surface area contributed by atoms with E-state index in [0.29, 0.717) is 5.56 Å². The summed E-state index contributed by atoms with van der Waals surface area (Å²) in [6.07, 6.45) is 4.16. The highest BCUT2D eigenvalue weighted by atomic mass is 16.4. The van der Waals surface area contributed by atoms with Gasteiger partial charge in [-0.15, -0.1) is 0 Å². The minimum absolute atomic E-state index is 0.606. The van der Waals surface area contributed by atoms with Crippen LogP contribution in [0, 0.1) is 11.3 Å². The van der Waals surface area contributed by atoms with E-state index in [9.17, 15) is 4.79 Å². The summed E-state index contributed by atoms with van der Waals surface area (Å²) in [4.78, 5) is 16.6. The van der Waals surface area contributed by atoms with Gasteiger partial charge >= 0.3 is 5.97 Å². The zero-order valence-corrected chi connectivity index (χ0v) is 11.4. The van der Waals surface area contributed by atoms with E-state index in [1.807, 2.05) is 24.1 Å². The van der Waals surface area contributed by atoms with Gasteiger partial charge in [0.1, 0.15) is 5.82 Å². The van der Waals surface area contributed by atoms with Crippen LogP contribution in [0.25, 0.3) is 6.08 Å². The van der Waals surface area contributed by atoms with E-state index in [4.69, 9.17) is 10.4 Å². The normalized spacial score (nSPS) is 10.3. The summed E-state index contributed by atoms with van der Waals surface area (Å²) in [5, 5.41) is 17.4. The molecule has 1 heterocycles. The number of carboxylic acid groups (broad SMARTS) is 1. The first-order chi connectivity index (χ1) is 10.1. The van der Waals surface area contributed by atoms with Crippen LogP contribution in [0.2, 0.25) is 0 Å². The third-order valence-corrected chi connectivity index (χ3v) is 2.92. The van der Waals surface area contributed by atoms with Crippen molar-refractivity contribution >= 4 is 23.6 Å². The maximum Gasteiger partial charge on any atom is 0.328 e. The van der Waals surface area contributed by atoms with E-state index >= 15 is 0 Å². The molecule has 0 aliphatic carbocycles. The molecule has 0 radical (unpaired) electrons. The number of hydrogen-bond donors (Lipinski definition) is 1. The van der Waals surface area contributed by atoms with Crippen LogP contribution in [0.3, 0.4) is 0 Å². The number of benzene rings is 1. The summed E-state index contributed by atoms with van der Waals surface area (Å²) in [5.74, 6) is -0.263. The van der Waals surface area contributed by atoms with Crippen LogP contribution >= 0.6 is 0 Å². The first-order valence-electron chi connectivity index (χ1n) is 6.21. The SMILES string of the molecule is CN(c1ccc(C#N)cc1)c1ccc(/C=C/C(=O)O)cn1. The molecule has 2 aromatic rings. The number of anilines is 2. The van der Waals surface area contributed by atoms with Crippen molar-refractivity contribution in [3.63, 3.8) is 0 Å². The molecule has 0 spiro atoms. The van der Waals surface area contributed by atoms with Crippen LogP contribution < -0.4 is 4.90 Å². The van der Waals surface area contributed by atoms with Crippen molar-refractivity contribution < 1.29 is 9.90 Å². The van der Waals surface area contributed by atoms with Gasteiger partial charge in [0.25, 0.3) is 0 Å². The molecule has 5 nitrogen and oxygen atoms in total. The molecule has 1 N–H and O–H groups in total. The minimum Gasteiger partial charge on any atom is -0.478 e. The van der Waals surface area contributed by atoms with Gasteiger partial charge < -0.3 is 10.0 Å². The van der Waals surface area contributed by atoms with Gasteiger partial charge in [0.2, 0.25) is 0 Å². The molecular weight excluding hydrogens is 266 g/mol. The first kappa shape index (κ1) is 14.3. The molecule has 1 aromatic heterocycles. The largest absolute Gasteiger partial charge is 0.478 e. The summed E-state index contributed by atoms with van der Waals surface area (Å²) in [7, 11) is 1.87. The summed E-state index contributed by atoms with van der Waals surface area (Å²) < 4.78 is 0. The van der Waals surface area contributed by atoms with Crippen LogP contribution in [0.4, 0.5) is 11.5 Å². The fraction of sp³-hybridized carbons (Fsp3) is 0.0625. The summed E-state index contributed by atoms with van der Waals surface area (Å²) in [5.41, 5.74) is 2.24. The molecule has 0 saturated heterocycles. The molecule has 0 unspecified atom stereocenters. The third kappa shape index (κ3) is 3.67. The van der Waals surface area contributed by atoms with E-state index in [2.05, 4.69) is 11.1 Å². The summed E-state index contributed by atoms with van der Waals surface area (Å²) in [6, 6.07) is 12.9. The predicted molar refractivity (Wildman–Crippen MR) is 80.1 cm³/mol. The van der Waals surface area contributed by atoms with E-state index in [0.717, 1.165) is 23.1 Å². The lowest BCUT2D eigenvalue weighted by molar-refractivity contribution is -0.131. The number of nitriles is 1. The van der Waals surface area contributed by atoms with E-state index in [1.54, 1.807) is 30.5 Å². The Morgan fingerprint density at radius 1 is 1.29 bits per heavy atom. The highest BCUT2D eigenvalue weighted by Gasteiger charge is 2.05. The molecule has 2 rings (SSSR count). The maximum absolute atomic E-state index is 10.4. The minimum atomic E-state index is -0.992. The van der Waals surface area contributed by atoms with E-state index in [-0.39, 0.29) is 0 Å². The lowest BCUT2D eigenvalue weighted by atomic mass is 10.2. The number of pyridine rings is 1. The number of aliphatic carboxylic acids is 1. The van der Waals surface area contributed by atoms with Gasteiger partial charge in [-0.3, -0.25) is 0 Å². The lowest BCUT2D eigenvalue weighted by Gasteiger charge is -2.18. The molecule has 104 valence electrons. The fourth-order valence-electron chi connectivity index (χ4n) is 1.75. The second-order valence-electron chi connectivity index (χ2n) is 4.34. The molecule has 0 saturated carbocycles. The second kappa shape index (κ2) is 6.35. The summed E-state index contributed by atoms with van der Waals surface area (Å²) in [6.45, 7) is 0. The van der Waals surface area contributed by atoms with E-state index in [1.165, 1.54) is 6.08 Å². The second-order valence-corrected chi connectivity index (χ2v) is 4.34. The van der Waals surface area contributed by atoms with Gasteiger partial charge in [-0.1, -0.05) is 0 Å². The topological polar surface area (TPSA) is 77.2 Å². The summed E-state index contributed by atoms with van der Waals surface area (Å²) >= 11 is 0. The molecule has 1 aromatic carbocycles. The Morgan fingerprint density at radius 3 is 2.52 bits per heavy atom. The monoisotopic (exact) mass is 279 g/mol. The van der Waals surface area contributed by atoms with Crippen LogP contribution in [0.5, 0.6) is 0 Å². The molecule has 0 atom stereocenters. The Morgan fingerprint density at radius 2 is 2.00 bits per heavy atom. The molecule has 0 bridgehead atoms. The Hall–Kier alpha value is -3.13. The zero-order valence-electron chi connectivity index (χ0n) is 11.4. The Balaban J connectivity index is 2.17. The van der Waals surface area contributed by atoms with Gasteiger partial charge in [0.05, 0.1) is 11.6 Å². The highest BCUT2D eigenvalue weighted by Crippen LogP contribution is 2.22. The van der Waals surface area contributed by atoms with Gasteiger partial charge in [-0.2, -0.15) is 5.26 Å². The number of nitrogens with zero attached hydrogens (tertiary/aromatic N) is 3. The van der Waals surface area contributed by atoms with Crippen molar-refractivity contribution in [1.29, 1.82) is 5.26 Å². The predicted octanol–water partition coefficient (Wildman–Crippen LogP) is 2.82. The molecular formula is C16H13N3O2. The highest BCUT2D eigenvalue weighted by molar-refractivity contribution is 5.85. The lowest BCUT2D eigenvalue weighted by Crippen LogP contribution is -2.10. The van der Waals surface area contributed by atoms with Crippen LogP contribution in [-0.2, 0) is 4.79 Å². The van der Waals surface area contributed by atoms with E-state index < -0.39 is 5.97 Å². The fourth-order valence-corrected chi connectivity index (χ4v) is 1.75. The standard InChI is InChI=1S/C16H13N3O2/c1-19(14-6-2-12(10-17)3-7-14)15-8-4-13(11-18-15)5-9-16(20)21/h2-9,11H,1H3,(H,20,21)/b9-5+. The smallest absolute Gasteiger partial charge is 0.328 e. The van der Waals surface area contributed by atoms with Crippen molar-refractivity contribution in [1.82, 2.24) is 4.98 Å². The van der Waals surface area contributed by atoms with Gasteiger partial charge in [0.15, 0.2) is 0 Å². The third-order valence-electron chi connectivity index (χ3n) is 2.92. The Labute approximate surface area is 122 Å². The van der Waals surface area contributed by atoms with Crippen molar-refractivity contribution in [2.24, 2.45) is 0 Å². The number of carboxylic acids is 1. The quantitative estimate of drug-likeness (QED) is 0.871. The first-order valence-corrected chi connectivity index (χ1v) is 6.21. The number of carbonyl (C=O) groups is 1. The molecule has 0 aliphatic rings.